The van der Waals surface area contributed by atoms with Gasteiger partial charge in [0, 0.05) is 6.42 Å². The molecule has 0 rings (SSSR count). The maximum absolute atomic E-state index is 12.0. The third kappa shape index (κ3) is 2.86. The minimum Gasteiger partial charge on any atom is -0.240 e. The highest BCUT2D eigenvalue weighted by atomic mass is 19.3. The zero-order valence-corrected chi connectivity index (χ0v) is 5.51. The van der Waals surface area contributed by atoms with E-state index in [-0.39, 0.29) is 0 Å². The van der Waals surface area contributed by atoms with E-state index in [0.717, 1.165) is 0 Å². The Morgan fingerprint density at radius 2 is 1.50 bits per heavy atom. The Morgan fingerprint density at radius 3 is 1.75 bits per heavy atom. The van der Waals surface area contributed by atoms with Gasteiger partial charge in [-0.15, -0.1) is 0 Å². The van der Waals surface area contributed by atoms with Crippen molar-refractivity contribution in [1.29, 1.82) is 0 Å². The molecule has 0 fully saturated rings. The summed E-state index contributed by atoms with van der Waals surface area (Å²) in [7, 11) is 0. The highest BCUT2D eigenvalue weighted by molar-refractivity contribution is 4.90. The summed E-state index contributed by atoms with van der Waals surface area (Å²) < 4.78 is 80.5. The third-order valence-electron chi connectivity index (χ3n) is 1.03. The lowest BCUT2D eigenvalue weighted by atomic mass is 10.1. The molecule has 0 N–H and O–H groups in total. The van der Waals surface area contributed by atoms with E-state index in [1.807, 2.05) is 0 Å². The molecule has 0 bridgehead atoms. The van der Waals surface area contributed by atoms with Crippen molar-refractivity contribution in [2.24, 2.45) is 0 Å². The predicted octanol–water partition coefficient (Wildman–Crippen LogP) is 3.04. The second kappa shape index (κ2) is 3.95. The number of hydrogen-bond donors (Lipinski definition) is 0. The smallest absolute Gasteiger partial charge is 0.240 e. The highest BCUT2D eigenvalue weighted by Crippen LogP contribution is 2.36. The van der Waals surface area contributed by atoms with Crippen molar-refractivity contribution < 1.29 is 30.7 Å². The fraction of sp³-hybridized carbons (Fsp3) is 0.800. The lowest BCUT2D eigenvalue weighted by Crippen LogP contribution is -2.34. The maximum Gasteiger partial charge on any atom is 0.381 e. The largest absolute Gasteiger partial charge is 0.381 e. The summed E-state index contributed by atoms with van der Waals surface area (Å²) in [5.74, 6) is -5.07. The SMILES string of the molecule is F[C](F)C(F)(F)C(F)CC(F)F. The number of hydrogen-bond acceptors (Lipinski definition) is 0. The van der Waals surface area contributed by atoms with Gasteiger partial charge in [-0.1, -0.05) is 0 Å². The van der Waals surface area contributed by atoms with Crippen molar-refractivity contribution in [3.8, 4) is 0 Å². The number of rotatable bonds is 4. The van der Waals surface area contributed by atoms with Crippen molar-refractivity contribution in [3.05, 3.63) is 6.43 Å². The van der Waals surface area contributed by atoms with Crippen LogP contribution in [0.3, 0.4) is 0 Å². The standard InChI is InChI=1S/C5H4F7/c6-2(1-3(7)8)5(11,12)4(9)10/h2-3H,1H2. The van der Waals surface area contributed by atoms with Crippen LogP contribution in [0.15, 0.2) is 0 Å². The minimum absolute atomic E-state index is 1.90. The Morgan fingerprint density at radius 1 is 1.08 bits per heavy atom. The summed E-state index contributed by atoms with van der Waals surface area (Å²) in [6.45, 7) is 0. The van der Waals surface area contributed by atoms with Crippen LogP contribution >= 0.6 is 0 Å². The average molecular weight is 197 g/mol. The van der Waals surface area contributed by atoms with Crippen LogP contribution in [-0.2, 0) is 0 Å². The zero-order valence-electron chi connectivity index (χ0n) is 5.51. The molecule has 0 aromatic heterocycles. The van der Waals surface area contributed by atoms with E-state index < -0.39 is 31.4 Å². The van der Waals surface area contributed by atoms with E-state index in [1.165, 1.54) is 0 Å². The summed E-state index contributed by atoms with van der Waals surface area (Å²) in [6.07, 6.45) is -12.3. The molecule has 0 amide bonds. The van der Waals surface area contributed by atoms with Gasteiger partial charge in [-0.05, 0) is 0 Å². The van der Waals surface area contributed by atoms with Gasteiger partial charge in [-0.2, -0.15) is 17.6 Å². The molecule has 0 aliphatic heterocycles. The Kier molecular flexibility index (Phi) is 3.79. The van der Waals surface area contributed by atoms with Gasteiger partial charge >= 0.3 is 12.3 Å². The molecule has 1 atom stereocenters. The van der Waals surface area contributed by atoms with E-state index >= 15 is 0 Å². The minimum atomic E-state index is -5.07. The van der Waals surface area contributed by atoms with Crippen molar-refractivity contribution in [3.63, 3.8) is 0 Å². The number of alkyl halides is 5. The van der Waals surface area contributed by atoms with Crippen molar-refractivity contribution in [1.82, 2.24) is 0 Å². The van der Waals surface area contributed by atoms with Crippen LogP contribution in [0, 0.1) is 6.43 Å². The van der Waals surface area contributed by atoms with E-state index in [0.29, 0.717) is 0 Å². The van der Waals surface area contributed by atoms with Crippen LogP contribution in [0.2, 0.25) is 0 Å². The second-order valence-corrected chi connectivity index (χ2v) is 1.98. The summed E-state index contributed by atoms with van der Waals surface area (Å²) in [5, 5.41) is 0. The van der Waals surface area contributed by atoms with Crippen LogP contribution in [0.1, 0.15) is 6.42 Å². The van der Waals surface area contributed by atoms with Crippen LogP contribution in [0.5, 0.6) is 0 Å². The molecule has 0 spiro atoms. The molecule has 0 saturated heterocycles. The first-order chi connectivity index (χ1) is 5.28. The zero-order chi connectivity index (χ0) is 9.94. The van der Waals surface area contributed by atoms with E-state index in [4.69, 9.17) is 0 Å². The summed E-state index contributed by atoms with van der Waals surface area (Å²) in [5.41, 5.74) is 0. The van der Waals surface area contributed by atoms with Gasteiger partial charge in [0.1, 0.15) is 0 Å². The van der Waals surface area contributed by atoms with E-state index in [9.17, 15) is 30.7 Å². The molecule has 73 valence electrons. The summed E-state index contributed by atoms with van der Waals surface area (Å²) >= 11 is 0. The first kappa shape index (κ1) is 11.5. The van der Waals surface area contributed by atoms with Crippen LogP contribution in [-0.4, -0.2) is 18.5 Å². The topological polar surface area (TPSA) is 0 Å². The molecule has 7 heteroatoms. The van der Waals surface area contributed by atoms with Crippen molar-refractivity contribution in [2.45, 2.75) is 24.9 Å². The molecule has 1 unspecified atom stereocenters. The molecule has 0 aromatic carbocycles. The Bertz CT molecular complexity index is 132. The normalized spacial score (nSPS) is 15.8. The predicted molar refractivity (Wildman–Crippen MR) is 25.9 cm³/mol. The third-order valence-corrected chi connectivity index (χ3v) is 1.03. The number of halogens is 7. The highest BCUT2D eigenvalue weighted by Gasteiger charge is 2.52. The molecule has 1 radical (unpaired) electrons. The van der Waals surface area contributed by atoms with Crippen LogP contribution in [0.4, 0.5) is 30.7 Å². The molecule has 0 aliphatic carbocycles. The van der Waals surface area contributed by atoms with Crippen LogP contribution in [0.25, 0.3) is 0 Å². The molecular weight excluding hydrogens is 193 g/mol. The molecular formula is C5H4F7. The monoisotopic (exact) mass is 197 g/mol. The van der Waals surface area contributed by atoms with Gasteiger partial charge < -0.3 is 0 Å². The fourth-order valence-corrected chi connectivity index (χ4v) is 0.423. The maximum atomic E-state index is 12.0. The Balaban J connectivity index is 4.15. The lowest BCUT2D eigenvalue weighted by Gasteiger charge is -2.17. The summed E-state index contributed by atoms with van der Waals surface area (Å²) in [4.78, 5) is 0. The van der Waals surface area contributed by atoms with E-state index in [2.05, 4.69) is 0 Å². The van der Waals surface area contributed by atoms with E-state index in [1.54, 1.807) is 0 Å². The van der Waals surface area contributed by atoms with Gasteiger partial charge in [0.15, 0.2) is 6.17 Å². The van der Waals surface area contributed by atoms with Gasteiger partial charge in [-0.3, -0.25) is 0 Å². The van der Waals surface area contributed by atoms with Crippen molar-refractivity contribution in [2.75, 3.05) is 0 Å². The van der Waals surface area contributed by atoms with Crippen LogP contribution < -0.4 is 0 Å². The van der Waals surface area contributed by atoms with Gasteiger partial charge in [-0.25, -0.2) is 13.2 Å². The molecule has 0 aromatic rings. The molecule has 0 heterocycles. The molecule has 0 saturated carbocycles. The first-order valence-electron chi connectivity index (χ1n) is 2.77. The summed E-state index contributed by atoms with van der Waals surface area (Å²) in [6, 6.07) is 0. The fourth-order valence-electron chi connectivity index (χ4n) is 0.423. The first-order valence-corrected chi connectivity index (χ1v) is 2.77. The molecule has 12 heavy (non-hydrogen) atoms. The second-order valence-electron chi connectivity index (χ2n) is 1.98. The quantitative estimate of drug-likeness (QED) is 0.607. The van der Waals surface area contributed by atoms with Crippen molar-refractivity contribution >= 4 is 0 Å². The Labute approximate surface area is 63.4 Å². The van der Waals surface area contributed by atoms with Gasteiger partial charge in [0.05, 0.1) is 0 Å². The lowest BCUT2D eigenvalue weighted by molar-refractivity contribution is -0.126. The molecule has 0 aliphatic rings. The average Bonchev–Trinajstić information content (AvgIpc) is 1.85. The van der Waals surface area contributed by atoms with Gasteiger partial charge in [0.25, 0.3) is 0 Å². The molecule has 0 nitrogen and oxygen atoms in total. The Hall–Kier alpha value is -0.490. The van der Waals surface area contributed by atoms with Gasteiger partial charge in [0.2, 0.25) is 6.43 Å².